The van der Waals surface area contributed by atoms with Gasteiger partial charge in [-0.25, -0.2) is 0 Å². The molecule has 0 aromatic heterocycles. The highest BCUT2D eigenvalue weighted by molar-refractivity contribution is 5.78. The maximum Gasteiger partial charge on any atom is 0.323 e. The Bertz CT molecular complexity index is 208. The van der Waals surface area contributed by atoms with Gasteiger partial charge in [-0.05, 0) is 38.1 Å². The predicted octanol–water partition coefficient (Wildman–Crippen LogP) is 2.41. The van der Waals surface area contributed by atoms with Crippen LogP contribution in [0.25, 0.3) is 0 Å². The molecule has 0 unspecified atom stereocenters. The first-order chi connectivity index (χ1) is 7.14. The molecule has 2 N–H and O–H groups in total. The number of aliphatic carboxylic acids is 1. The summed E-state index contributed by atoms with van der Waals surface area (Å²) in [5.74, 6) is 0.0837. The molecule has 0 saturated heterocycles. The topological polar surface area (TPSA) is 49.3 Å². The molecule has 0 spiro atoms. The first kappa shape index (κ1) is 12.5. The molecule has 0 bridgehead atoms. The number of hydrogen-bond acceptors (Lipinski definition) is 2. The minimum atomic E-state index is -0.667. The van der Waals surface area contributed by atoms with Crippen LogP contribution >= 0.6 is 0 Å². The quantitative estimate of drug-likeness (QED) is 0.737. The van der Waals surface area contributed by atoms with E-state index in [-0.39, 0.29) is 0 Å². The van der Waals surface area contributed by atoms with Gasteiger partial charge >= 0.3 is 5.97 Å². The van der Waals surface area contributed by atoms with Gasteiger partial charge in [0.2, 0.25) is 0 Å². The highest BCUT2D eigenvalue weighted by atomic mass is 16.4. The van der Waals surface area contributed by atoms with Crippen LogP contribution in [0.2, 0.25) is 0 Å². The third kappa shape index (κ3) is 2.94. The van der Waals surface area contributed by atoms with Crippen LogP contribution in [0.1, 0.15) is 52.4 Å². The van der Waals surface area contributed by atoms with E-state index in [1.807, 2.05) is 6.92 Å². The Labute approximate surface area is 92.3 Å². The van der Waals surface area contributed by atoms with Gasteiger partial charge in [-0.15, -0.1) is 0 Å². The third-order valence-electron chi connectivity index (χ3n) is 3.58. The second kappa shape index (κ2) is 5.50. The number of hydrogen-bond donors (Lipinski definition) is 2. The summed E-state index contributed by atoms with van der Waals surface area (Å²) in [6, 6.07) is 0. The van der Waals surface area contributed by atoms with Gasteiger partial charge in [0, 0.05) is 0 Å². The normalized spacial score (nSPS) is 31.5. The Kier molecular flexibility index (Phi) is 4.58. The van der Waals surface area contributed by atoms with E-state index < -0.39 is 11.5 Å². The molecule has 0 atom stereocenters. The second-order valence-corrected chi connectivity index (χ2v) is 4.65. The lowest BCUT2D eigenvalue weighted by molar-refractivity contribution is -0.146. The zero-order chi connectivity index (χ0) is 11.3. The molecule has 0 amide bonds. The van der Waals surface area contributed by atoms with E-state index in [2.05, 4.69) is 12.2 Å². The monoisotopic (exact) mass is 213 g/mol. The summed E-state index contributed by atoms with van der Waals surface area (Å²) in [5, 5.41) is 12.4. The fraction of sp³-hybridized carbons (Fsp3) is 0.917. The lowest BCUT2D eigenvalue weighted by atomic mass is 9.75. The van der Waals surface area contributed by atoms with Gasteiger partial charge in [-0.3, -0.25) is 4.79 Å². The van der Waals surface area contributed by atoms with Crippen LogP contribution in [0.15, 0.2) is 0 Å². The Morgan fingerprint density at radius 3 is 2.40 bits per heavy atom. The lowest BCUT2D eigenvalue weighted by Gasteiger charge is -2.37. The molecule has 3 nitrogen and oxygen atoms in total. The highest BCUT2D eigenvalue weighted by Crippen LogP contribution is 2.34. The first-order valence-corrected chi connectivity index (χ1v) is 6.13. The van der Waals surface area contributed by atoms with Gasteiger partial charge in [0.25, 0.3) is 0 Å². The second-order valence-electron chi connectivity index (χ2n) is 4.65. The van der Waals surface area contributed by atoms with Crippen molar-refractivity contribution in [2.75, 3.05) is 6.54 Å². The van der Waals surface area contributed by atoms with Crippen LogP contribution in [0.5, 0.6) is 0 Å². The average molecular weight is 213 g/mol. The summed E-state index contributed by atoms with van der Waals surface area (Å²) in [6.07, 6.45) is 6.18. The van der Waals surface area contributed by atoms with E-state index in [0.717, 1.165) is 38.1 Å². The zero-order valence-corrected chi connectivity index (χ0v) is 9.88. The fourth-order valence-corrected chi connectivity index (χ4v) is 2.67. The summed E-state index contributed by atoms with van der Waals surface area (Å²) in [6.45, 7) is 4.91. The maximum absolute atomic E-state index is 11.3. The minimum absolute atomic E-state index is 0.626. The molecule has 1 aliphatic rings. The van der Waals surface area contributed by atoms with Crippen LogP contribution in [0, 0.1) is 5.92 Å². The number of rotatable bonds is 5. The first-order valence-electron chi connectivity index (χ1n) is 6.13. The molecule has 3 heteroatoms. The maximum atomic E-state index is 11.3. The van der Waals surface area contributed by atoms with Crippen molar-refractivity contribution < 1.29 is 9.90 Å². The molecule has 1 aliphatic carbocycles. The number of carbonyl (C=O) groups is 1. The summed E-state index contributed by atoms with van der Waals surface area (Å²) in [4.78, 5) is 11.3. The number of carboxylic acid groups (broad SMARTS) is 1. The van der Waals surface area contributed by atoms with Crippen LogP contribution in [0.3, 0.4) is 0 Å². The Morgan fingerprint density at radius 2 is 2.00 bits per heavy atom. The largest absolute Gasteiger partial charge is 0.480 e. The standard InChI is InChI=1S/C12H23NO2/c1-3-5-10-6-8-12(9-7-10,11(14)15)13-4-2/h10,13H,3-9H2,1-2H3,(H,14,15). The third-order valence-corrected chi connectivity index (χ3v) is 3.58. The molecule has 1 saturated carbocycles. The van der Waals surface area contributed by atoms with Gasteiger partial charge in [0.15, 0.2) is 0 Å². The Hall–Kier alpha value is -0.570. The summed E-state index contributed by atoms with van der Waals surface area (Å²) in [7, 11) is 0. The van der Waals surface area contributed by atoms with Gasteiger partial charge in [-0.1, -0.05) is 26.7 Å². The van der Waals surface area contributed by atoms with E-state index in [9.17, 15) is 9.90 Å². The van der Waals surface area contributed by atoms with Gasteiger partial charge < -0.3 is 10.4 Å². The lowest BCUT2D eigenvalue weighted by Crippen LogP contribution is -2.54. The molecule has 0 radical (unpaired) electrons. The van der Waals surface area contributed by atoms with Crippen LogP contribution in [-0.4, -0.2) is 23.2 Å². The van der Waals surface area contributed by atoms with E-state index in [1.54, 1.807) is 0 Å². The van der Waals surface area contributed by atoms with Crippen LogP contribution < -0.4 is 5.32 Å². The van der Waals surface area contributed by atoms with Gasteiger partial charge in [0.1, 0.15) is 5.54 Å². The molecule has 0 aliphatic heterocycles. The minimum Gasteiger partial charge on any atom is -0.480 e. The molecule has 1 fully saturated rings. The molecule has 15 heavy (non-hydrogen) atoms. The Morgan fingerprint density at radius 1 is 1.40 bits per heavy atom. The summed E-state index contributed by atoms with van der Waals surface area (Å²) < 4.78 is 0. The van der Waals surface area contributed by atoms with Crippen molar-refractivity contribution in [1.82, 2.24) is 5.32 Å². The van der Waals surface area contributed by atoms with E-state index >= 15 is 0 Å². The molecule has 1 rings (SSSR count). The summed E-state index contributed by atoms with van der Waals surface area (Å²) >= 11 is 0. The number of nitrogens with one attached hydrogen (secondary N) is 1. The van der Waals surface area contributed by atoms with E-state index in [1.165, 1.54) is 12.8 Å². The van der Waals surface area contributed by atoms with Crippen molar-refractivity contribution in [1.29, 1.82) is 0 Å². The van der Waals surface area contributed by atoms with E-state index in [4.69, 9.17) is 0 Å². The van der Waals surface area contributed by atoms with Crippen molar-refractivity contribution in [3.63, 3.8) is 0 Å². The number of likely N-dealkylation sites (N-methyl/N-ethyl adjacent to an activating group) is 1. The van der Waals surface area contributed by atoms with Crippen molar-refractivity contribution in [2.45, 2.75) is 57.9 Å². The van der Waals surface area contributed by atoms with Crippen LogP contribution in [-0.2, 0) is 4.79 Å². The summed E-state index contributed by atoms with van der Waals surface area (Å²) in [5.41, 5.74) is -0.626. The highest BCUT2D eigenvalue weighted by Gasteiger charge is 2.40. The predicted molar refractivity (Wildman–Crippen MR) is 60.9 cm³/mol. The van der Waals surface area contributed by atoms with Gasteiger partial charge in [-0.2, -0.15) is 0 Å². The molecule has 0 aromatic carbocycles. The van der Waals surface area contributed by atoms with Crippen LogP contribution in [0.4, 0.5) is 0 Å². The van der Waals surface area contributed by atoms with Crippen molar-refractivity contribution in [3.05, 3.63) is 0 Å². The smallest absolute Gasteiger partial charge is 0.323 e. The number of carboxylic acids is 1. The molecule has 0 aromatic rings. The fourth-order valence-electron chi connectivity index (χ4n) is 2.67. The van der Waals surface area contributed by atoms with Crippen molar-refractivity contribution in [2.24, 2.45) is 5.92 Å². The van der Waals surface area contributed by atoms with Crippen molar-refractivity contribution in [3.8, 4) is 0 Å². The molecular weight excluding hydrogens is 190 g/mol. The molecule has 88 valence electrons. The Balaban J connectivity index is 2.53. The van der Waals surface area contributed by atoms with Crippen molar-refractivity contribution >= 4 is 5.97 Å². The average Bonchev–Trinajstić information content (AvgIpc) is 2.21. The van der Waals surface area contributed by atoms with Gasteiger partial charge in [0.05, 0.1) is 0 Å². The molecule has 0 heterocycles. The zero-order valence-electron chi connectivity index (χ0n) is 9.88. The SMILES string of the molecule is CCCC1CCC(NCC)(C(=O)O)CC1. The van der Waals surface area contributed by atoms with E-state index in [0.29, 0.717) is 0 Å². The molecular formula is C12H23NO2.